The van der Waals surface area contributed by atoms with E-state index in [2.05, 4.69) is 17.2 Å². The molecule has 0 bridgehead atoms. The van der Waals surface area contributed by atoms with Crippen LogP contribution in [0.1, 0.15) is 62.9 Å². The van der Waals surface area contributed by atoms with E-state index in [-0.39, 0.29) is 29.0 Å². The summed E-state index contributed by atoms with van der Waals surface area (Å²) in [7, 11) is 1.70. The maximum atomic E-state index is 13.4. The lowest BCUT2D eigenvalue weighted by Gasteiger charge is -2.35. The summed E-state index contributed by atoms with van der Waals surface area (Å²) >= 11 is 0. The molecule has 144 valence electrons. The third kappa shape index (κ3) is 3.01. The highest BCUT2D eigenvalue weighted by atomic mass is 16.2. The van der Waals surface area contributed by atoms with Crippen molar-refractivity contribution < 1.29 is 4.79 Å². The van der Waals surface area contributed by atoms with Crippen LogP contribution in [-0.4, -0.2) is 38.2 Å². The summed E-state index contributed by atoms with van der Waals surface area (Å²) in [5.74, 6) is 1.18. The van der Waals surface area contributed by atoms with Gasteiger partial charge < -0.3 is 4.90 Å². The number of aromatic nitrogens is 3. The van der Waals surface area contributed by atoms with E-state index >= 15 is 0 Å². The smallest absolute Gasteiger partial charge is 0.341 e. The number of hydrogen-bond acceptors (Lipinski definition) is 3. The Labute approximate surface area is 159 Å². The highest BCUT2D eigenvalue weighted by molar-refractivity contribution is 5.91. The number of nitrogens with zero attached hydrogens (tertiary/aromatic N) is 4. The van der Waals surface area contributed by atoms with Gasteiger partial charge in [-0.25, -0.2) is 9.48 Å². The molecule has 0 radical (unpaired) electrons. The van der Waals surface area contributed by atoms with Crippen LogP contribution in [0.3, 0.4) is 0 Å². The first-order valence-corrected chi connectivity index (χ1v) is 9.94. The second kappa shape index (κ2) is 6.66. The van der Waals surface area contributed by atoms with Gasteiger partial charge in [-0.3, -0.25) is 9.36 Å². The number of likely N-dealkylation sites (tertiary alicyclic amines) is 1. The second-order valence-electron chi connectivity index (χ2n) is 8.27. The third-order valence-electron chi connectivity index (χ3n) is 6.06. The fourth-order valence-corrected chi connectivity index (χ4v) is 4.45. The Balaban J connectivity index is 1.59. The number of aryl methyl sites for hydroxylation is 1. The maximum absolute atomic E-state index is 13.4. The monoisotopic (exact) mass is 368 g/mol. The van der Waals surface area contributed by atoms with E-state index in [1.54, 1.807) is 11.6 Å². The first-order valence-electron chi connectivity index (χ1n) is 9.94. The molecular weight excluding hydrogens is 340 g/mol. The van der Waals surface area contributed by atoms with E-state index in [9.17, 15) is 9.59 Å². The lowest BCUT2D eigenvalue weighted by Crippen LogP contribution is -2.45. The summed E-state index contributed by atoms with van der Waals surface area (Å²) in [6.45, 7) is 5.46. The van der Waals surface area contributed by atoms with Crippen molar-refractivity contribution in [2.75, 3.05) is 13.1 Å². The first kappa shape index (κ1) is 18.0. The topological polar surface area (TPSA) is 60.1 Å². The van der Waals surface area contributed by atoms with Crippen molar-refractivity contribution in [3.8, 4) is 0 Å². The van der Waals surface area contributed by atoms with Gasteiger partial charge >= 0.3 is 5.69 Å². The molecule has 4 rings (SSSR count). The number of carbonyl (C=O) groups excluding carboxylic acids is 1. The maximum Gasteiger partial charge on any atom is 0.345 e. The fraction of sp³-hybridized carbons (Fsp3) is 0.571. The predicted octanol–water partition coefficient (Wildman–Crippen LogP) is 2.60. The van der Waals surface area contributed by atoms with Gasteiger partial charge in [0.2, 0.25) is 5.91 Å². The molecule has 6 heteroatoms. The zero-order chi connectivity index (χ0) is 19.2. The molecule has 1 aromatic heterocycles. The van der Waals surface area contributed by atoms with Gasteiger partial charge in [0.15, 0.2) is 0 Å². The Kier molecular flexibility index (Phi) is 4.44. The largest absolute Gasteiger partial charge is 0.345 e. The summed E-state index contributed by atoms with van der Waals surface area (Å²) in [6.07, 6.45) is 3.77. The number of benzene rings is 1. The van der Waals surface area contributed by atoms with Crippen molar-refractivity contribution in [3.63, 3.8) is 0 Å². The zero-order valence-corrected chi connectivity index (χ0v) is 16.4. The Hall–Kier alpha value is -2.37. The summed E-state index contributed by atoms with van der Waals surface area (Å²) < 4.78 is 3.20. The minimum atomic E-state index is -0.328. The van der Waals surface area contributed by atoms with E-state index in [0.717, 1.165) is 43.6 Å². The molecule has 2 aromatic rings. The molecule has 2 fully saturated rings. The summed E-state index contributed by atoms with van der Waals surface area (Å²) in [4.78, 5) is 27.8. The standard InChI is InChI=1S/C21H28N4O2/c1-15(2)25-18(22-23(3)20(25)27)16-8-7-13-24(14-16)19(26)21(11-12-21)17-9-5-4-6-10-17/h4-6,9-10,15-16H,7-8,11-14H2,1-3H3. The van der Waals surface area contributed by atoms with Gasteiger partial charge in [-0.05, 0) is 45.1 Å². The molecule has 1 unspecified atom stereocenters. The van der Waals surface area contributed by atoms with Crippen molar-refractivity contribution in [2.45, 2.75) is 56.9 Å². The Morgan fingerprint density at radius 2 is 1.93 bits per heavy atom. The van der Waals surface area contributed by atoms with Crippen LogP contribution in [-0.2, 0) is 17.3 Å². The van der Waals surface area contributed by atoms with Crippen LogP contribution in [0.5, 0.6) is 0 Å². The summed E-state index contributed by atoms with van der Waals surface area (Å²) in [5, 5.41) is 4.51. The van der Waals surface area contributed by atoms with E-state index in [4.69, 9.17) is 0 Å². The van der Waals surface area contributed by atoms with E-state index < -0.39 is 0 Å². The van der Waals surface area contributed by atoms with Crippen molar-refractivity contribution in [3.05, 3.63) is 52.2 Å². The predicted molar refractivity (Wildman–Crippen MR) is 104 cm³/mol. The Morgan fingerprint density at radius 3 is 2.56 bits per heavy atom. The summed E-state index contributed by atoms with van der Waals surface area (Å²) in [6, 6.07) is 10.2. The molecule has 1 aromatic carbocycles. The molecule has 1 aliphatic carbocycles. The molecule has 2 aliphatic rings. The van der Waals surface area contributed by atoms with E-state index in [1.807, 2.05) is 36.9 Å². The van der Waals surface area contributed by atoms with Crippen molar-refractivity contribution in [2.24, 2.45) is 7.05 Å². The summed E-state index contributed by atoms with van der Waals surface area (Å²) in [5.41, 5.74) is 0.728. The van der Waals surface area contributed by atoms with Crippen LogP contribution in [0.15, 0.2) is 35.1 Å². The minimum absolute atomic E-state index is 0.0615. The molecule has 2 heterocycles. The minimum Gasteiger partial charge on any atom is -0.341 e. The normalized spacial score (nSPS) is 21.5. The quantitative estimate of drug-likeness (QED) is 0.833. The van der Waals surface area contributed by atoms with Gasteiger partial charge in [-0.1, -0.05) is 30.3 Å². The molecule has 1 atom stereocenters. The van der Waals surface area contributed by atoms with Crippen LogP contribution in [0.4, 0.5) is 0 Å². The average Bonchev–Trinajstić information content (AvgIpc) is 3.43. The van der Waals surface area contributed by atoms with Gasteiger partial charge in [0, 0.05) is 32.1 Å². The number of rotatable bonds is 4. The molecular formula is C21H28N4O2. The van der Waals surface area contributed by atoms with Crippen molar-refractivity contribution in [1.29, 1.82) is 0 Å². The molecule has 1 amide bonds. The van der Waals surface area contributed by atoms with Gasteiger partial charge in [-0.15, -0.1) is 0 Å². The molecule has 1 aliphatic heterocycles. The highest BCUT2D eigenvalue weighted by Gasteiger charge is 2.53. The SMILES string of the molecule is CC(C)n1c(C2CCCN(C(=O)C3(c4ccccc4)CC3)C2)nn(C)c1=O. The number of carbonyl (C=O) groups is 1. The van der Waals surface area contributed by atoms with Crippen LogP contribution >= 0.6 is 0 Å². The van der Waals surface area contributed by atoms with Crippen LogP contribution in [0, 0.1) is 0 Å². The lowest BCUT2D eigenvalue weighted by atomic mass is 9.91. The van der Waals surface area contributed by atoms with Crippen molar-refractivity contribution >= 4 is 5.91 Å². The molecule has 0 spiro atoms. The van der Waals surface area contributed by atoms with Crippen LogP contribution in [0.2, 0.25) is 0 Å². The Morgan fingerprint density at radius 1 is 1.22 bits per heavy atom. The first-order chi connectivity index (χ1) is 12.9. The molecule has 1 saturated heterocycles. The second-order valence-corrected chi connectivity index (χ2v) is 8.27. The third-order valence-corrected chi connectivity index (χ3v) is 6.06. The Bertz CT molecular complexity index is 893. The van der Waals surface area contributed by atoms with E-state index in [1.165, 1.54) is 4.68 Å². The van der Waals surface area contributed by atoms with Crippen LogP contribution in [0.25, 0.3) is 0 Å². The molecule has 0 N–H and O–H groups in total. The zero-order valence-electron chi connectivity index (χ0n) is 16.4. The van der Waals surface area contributed by atoms with Gasteiger partial charge in [0.25, 0.3) is 0 Å². The molecule has 27 heavy (non-hydrogen) atoms. The molecule has 6 nitrogen and oxygen atoms in total. The van der Waals surface area contributed by atoms with Gasteiger partial charge in [0.05, 0.1) is 5.41 Å². The molecule has 1 saturated carbocycles. The highest BCUT2D eigenvalue weighted by Crippen LogP contribution is 2.50. The number of piperidine rings is 1. The lowest BCUT2D eigenvalue weighted by molar-refractivity contribution is -0.135. The van der Waals surface area contributed by atoms with Crippen LogP contribution < -0.4 is 5.69 Å². The van der Waals surface area contributed by atoms with Gasteiger partial charge in [0.1, 0.15) is 5.82 Å². The van der Waals surface area contributed by atoms with Crippen molar-refractivity contribution in [1.82, 2.24) is 19.2 Å². The average molecular weight is 368 g/mol. The fourth-order valence-electron chi connectivity index (χ4n) is 4.45. The van der Waals surface area contributed by atoms with E-state index in [0.29, 0.717) is 6.54 Å². The number of hydrogen-bond donors (Lipinski definition) is 0. The van der Waals surface area contributed by atoms with Gasteiger partial charge in [-0.2, -0.15) is 5.10 Å². The number of amides is 1.